The molecule has 0 amide bonds. The highest BCUT2D eigenvalue weighted by molar-refractivity contribution is 5.91. The molecule has 0 saturated heterocycles. The number of nitrogens with one attached hydrogen (secondary N) is 2. The van der Waals surface area contributed by atoms with Gasteiger partial charge in [-0.2, -0.15) is 21.0 Å². The Morgan fingerprint density at radius 1 is 1.10 bits per heavy atom. The molecule has 2 N–H and O–H groups in total. The van der Waals surface area contributed by atoms with Crippen LogP contribution in [0.1, 0.15) is 5.56 Å². The lowest BCUT2D eigenvalue weighted by molar-refractivity contribution is 0.618. The van der Waals surface area contributed by atoms with Gasteiger partial charge >= 0.3 is 0 Å². The van der Waals surface area contributed by atoms with E-state index in [1.807, 2.05) is 18.2 Å². The zero-order chi connectivity index (χ0) is 15.5. The first-order chi connectivity index (χ1) is 10.2. The van der Waals surface area contributed by atoms with Gasteiger partial charge in [0, 0.05) is 23.5 Å². The van der Waals surface area contributed by atoms with Crippen LogP contribution in [0.15, 0.2) is 24.3 Å². The van der Waals surface area contributed by atoms with E-state index in [9.17, 15) is 10.5 Å². The molecule has 0 bridgehead atoms. The quantitative estimate of drug-likeness (QED) is 0.887. The van der Waals surface area contributed by atoms with Gasteiger partial charge in [-0.3, -0.25) is 0 Å². The van der Waals surface area contributed by atoms with Crippen molar-refractivity contribution in [3.8, 4) is 24.3 Å². The third-order valence-electron chi connectivity index (χ3n) is 3.39. The van der Waals surface area contributed by atoms with Crippen LogP contribution < -0.4 is 5.32 Å². The third kappa shape index (κ3) is 1.84. The lowest BCUT2D eigenvalue weighted by atomic mass is 9.73. The first-order valence-corrected chi connectivity index (χ1v) is 6.09. The summed E-state index contributed by atoms with van der Waals surface area (Å²) in [4.78, 5) is 3.06. The van der Waals surface area contributed by atoms with Gasteiger partial charge in [-0.25, -0.2) is 0 Å². The molecule has 0 radical (unpaired) electrons. The predicted octanol–water partition coefficient (Wildman–Crippen LogP) is 2.16. The highest BCUT2D eigenvalue weighted by Gasteiger charge is 2.46. The second-order valence-corrected chi connectivity index (χ2v) is 4.39. The summed E-state index contributed by atoms with van der Waals surface area (Å²) in [7, 11) is 1.64. The lowest BCUT2D eigenvalue weighted by Gasteiger charge is -2.20. The second kappa shape index (κ2) is 5.25. The second-order valence-electron chi connectivity index (χ2n) is 4.39. The van der Waals surface area contributed by atoms with Crippen LogP contribution in [0, 0.1) is 51.2 Å². The van der Waals surface area contributed by atoms with Crippen molar-refractivity contribution >= 4 is 16.7 Å². The summed E-state index contributed by atoms with van der Waals surface area (Å²) >= 11 is 0. The van der Waals surface area contributed by atoms with Crippen molar-refractivity contribution in [2.45, 2.75) is 5.41 Å². The van der Waals surface area contributed by atoms with Crippen LogP contribution in [-0.4, -0.2) is 12.0 Å². The van der Waals surface area contributed by atoms with Crippen molar-refractivity contribution in [3.05, 3.63) is 29.8 Å². The number of hydrogen-bond donors (Lipinski definition) is 2. The highest BCUT2D eigenvalue weighted by Crippen LogP contribution is 2.40. The molecule has 0 aliphatic carbocycles. The first-order valence-electron chi connectivity index (χ1n) is 6.09. The average Bonchev–Trinajstić information content (AvgIpc) is 2.92. The molecule has 6 heteroatoms. The number of rotatable bonds is 3. The number of aromatic amines is 1. The molecule has 0 atom stereocenters. The van der Waals surface area contributed by atoms with Gasteiger partial charge < -0.3 is 10.3 Å². The number of fused-ring (bicyclic) bond motifs is 1. The molecule has 0 spiro atoms. The summed E-state index contributed by atoms with van der Waals surface area (Å²) in [5.74, 6) is -0.936. The molecule has 1 heterocycles. The summed E-state index contributed by atoms with van der Waals surface area (Å²) in [5, 5.41) is 40.9. The maximum atomic E-state index is 9.54. The van der Waals surface area contributed by atoms with Gasteiger partial charge in [-0.15, -0.1) is 0 Å². The van der Waals surface area contributed by atoms with Gasteiger partial charge in [-0.1, -0.05) is 18.2 Å². The Labute approximate surface area is 121 Å². The fraction of sp³-hybridized carbons (Fsp3) is 0.200. The Morgan fingerprint density at radius 3 is 2.24 bits per heavy atom. The van der Waals surface area contributed by atoms with Crippen LogP contribution >= 0.6 is 0 Å². The summed E-state index contributed by atoms with van der Waals surface area (Å²) in [6.45, 7) is 0. The SMILES string of the molecule is CNc1[nH]c2ccccc2c1C(C#N)(C#N)C(C#N)C#N. The molecule has 2 rings (SSSR count). The van der Waals surface area contributed by atoms with Crippen molar-refractivity contribution in [1.82, 2.24) is 4.98 Å². The van der Waals surface area contributed by atoms with E-state index in [1.165, 1.54) is 0 Å². The molecular formula is C15H10N6. The monoisotopic (exact) mass is 274 g/mol. The molecule has 0 unspecified atom stereocenters. The maximum absolute atomic E-state index is 9.54. The average molecular weight is 274 g/mol. The zero-order valence-corrected chi connectivity index (χ0v) is 11.2. The van der Waals surface area contributed by atoms with Crippen molar-refractivity contribution in [3.63, 3.8) is 0 Å². The zero-order valence-electron chi connectivity index (χ0n) is 11.2. The Morgan fingerprint density at radius 2 is 1.71 bits per heavy atom. The number of hydrogen-bond acceptors (Lipinski definition) is 5. The summed E-state index contributed by atoms with van der Waals surface area (Å²) in [5.41, 5.74) is -0.804. The fourth-order valence-electron chi connectivity index (χ4n) is 2.37. The van der Waals surface area contributed by atoms with Crippen LogP contribution in [0.25, 0.3) is 10.9 Å². The molecule has 6 nitrogen and oxygen atoms in total. The van der Waals surface area contributed by atoms with E-state index in [1.54, 1.807) is 37.4 Å². The third-order valence-corrected chi connectivity index (χ3v) is 3.39. The highest BCUT2D eigenvalue weighted by atomic mass is 15.0. The molecular weight excluding hydrogens is 264 g/mol. The Hall–Kier alpha value is -3.48. The van der Waals surface area contributed by atoms with E-state index in [2.05, 4.69) is 10.3 Å². The normalized spacial score (nSPS) is 10.4. The van der Waals surface area contributed by atoms with Gasteiger partial charge in [0.1, 0.15) is 5.82 Å². The van der Waals surface area contributed by atoms with Crippen LogP contribution in [0.2, 0.25) is 0 Å². The maximum Gasteiger partial charge on any atom is 0.201 e. The van der Waals surface area contributed by atoms with Crippen molar-refractivity contribution < 1.29 is 0 Å². The van der Waals surface area contributed by atoms with Gasteiger partial charge in [0.2, 0.25) is 5.41 Å². The van der Waals surface area contributed by atoms with E-state index in [-0.39, 0.29) is 0 Å². The van der Waals surface area contributed by atoms with Gasteiger partial charge in [0.25, 0.3) is 0 Å². The van der Waals surface area contributed by atoms with Gasteiger partial charge in [0.15, 0.2) is 5.92 Å². The number of benzene rings is 1. The van der Waals surface area contributed by atoms with E-state index >= 15 is 0 Å². The molecule has 0 aliphatic heterocycles. The van der Waals surface area contributed by atoms with E-state index in [4.69, 9.17) is 10.5 Å². The van der Waals surface area contributed by atoms with Crippen LogP contribution in [0.4, 0.5) is 5.82 Å². The summed E-state index contributed by atoms with van der Waals surface area (Å²) in [6.07, 6.45) is 0. The minimum absolute atomic E-state index is 0.332. The Bertz CT molecular complexity index is 821. The van der Waals surface area contributed by atoms with E-state index in [0.29, 0.717) is 16.8 Å². The van der Waals surface area contributed by atoms with Crippen LogP contribution in [0.3, 0.4) is 0 Å². The molecule has 0 aliphatic rings. The van der Waals surface area contributed by atoms with Gasteiger partial charge in [0.05, 0.1) is 24.3 Å². The number of H-pyrrole nitrogens is 1. The largest absolute Gasteiger partial charge is 0.374 e. The topological polar surface area (TPSA) is 123 Å². The molecule has 0 fully saturated rings. The summed E-state index contributed by atoms with van der Waals surface area (Å²) in [6, 6.07) is 14.4. The minimum atomic E-state index is -1.86. The number of nitrogens with zero attached hydrogens (tertiary/aromatic N) is 4. The standard InChI is InChI=1S/C15H10N6/c1-20-14-13(11-4-2-3-5-12(11)21-14)15(8-18,9-19)10(6-16)7-17/h2-5,10,20-21H,1H3. The predicted molar refractivity (Wildman–Crippen MR) is 75.5 cm³/mol. The lowest BCUT2D eigenvalue weighted by Crippen LogP contribution is -2.31. The van der Waals surface area contributed by atoms with Crippen LogP contribution in [0.5, 0.6) is 0 Å². The molecule has 21 heavy (non-hydrogen) atoms. The molecule has 2 aromatic rings. The number of para-hydroxylation sites is 1. The minimum Gasteiger partial charge on any atom is -0.374 e. The van der Waals surface area contributed by atoms with Crippen molar-refractivity contribution in [1.29, 1.82) is 21.0 Å². The molecule has 1 aromatic heterocycles. The molecule has 0 saturated carbocycles. The summed E-state index contributed by atoms with van der Waals surface area (Å²) < 4.78 is 0. The van der Waals surface area contributed by atoms with E-state index < -0.39 is 11.3 Å². The van der Waals surface area contributed by atoms with Crippen molar-refractivity contribution in [2.75, 3.05) is 12.4 Å². The van der Waals surface area contributed by atoms with Gasteiger partial charge in [-0.05, 0) is 6.07 Å². The Kier molecular flexibility index (Phi) is 3.49. The van der Waals surface area contributed by atoms with E-state index in [0.717, 1.165) is 5.52 Å². The number of anilines is 1. The number of nitriles is 4. The fourth-order valence-corrected chi connectivity index (χ4v) is 2.37. The smallest absolute Gasteiger partial charge is 0.201 e. The molecule has 100 valence electrons. The van der Waals surface area contributed by atoms with Crippen molar-refractivity contribution in [2.24, 2.45) is 5.92 Å². The number of aromatic nitrogens is 1. The molecule has 1 aromatic carbocycles. The van der Waals surface area contributed by atoms with Crippen LogP contribution in [-0.2, 0) is 5.41 Å². The first kappa shape index (κ1) is 13.9. The Balaban J connectivity index is 2.92.